The highest BCUT2D eigenvalue weighted by molar-refractivity contribution is 7.99. The lowest BCUT2D eigenvalue weighted by molar-refractivity contribution is 0.00671. The summed E-state index contributed by atoms with van der Waals surface area (Å²) >= 11 is 1.89. The summed E-state index contributed by atoms with van der Waals surface area (Å²) in [5.74, 6) is 1.27. The first-order valence-electron chi connectivity index (χ1n) is 13.8. The van der Waals surface area contributed by atoms with Crippen LogP contribution in [0.15, 0.2) is 29.2 Å². The van der Waals surface area contributed by atoms with Crippen LogP contribution < -0.4 is 4.74 Å². The number of benzene rings is 2. The van der Waals surface area contributed by atoms with Gasteiger partial charge in [-0.2, -0.15) is 0 Å². The Morgan fingerprint density at radius 2 is 1.58 bits per heavy atom. The van der Waals surface area contributed by atoms with Gasteiger partial charge in [-0.1, -0.05) is 26.2 Å². The Labute approximate surface area is 234 Å². The molecule has 0 atom stereocenters. The second-order valence-corrected chi connectivity index (χ2v) is 12.4. The van der Waals surface area contributed by atoms with Crippen LogP contribution in [-0.4, -0.2) is 29.2 Å². The van der Waals surface area contributed by atoms with E-state index in [1.165, 1.54) is 30.6 Å². The standard InChI is InChI=1S/C33H46O4S/c1-11-12-13-14-17-38-31-23(5)19-27(20-24(31)6)28(34)16-15-26-18-22(4)29(32(35)37-33(8,9)10)25(7)30(26)36-21(2)3/h15-16,18-21H,11-14,17H2,1-10H3. The van der Waals surface area contributed by atoms with Crippen LogP contribution in [0.4, 0.5) is 0 Å². The van der Waals surface area contributed by atoms with Crippen molar-refractivity contribution in [3.8, 4) is 5.75 Å². The van der Waals surface area contributed by atoms with E-state index in [9.17, 15) is 9.59 Å². The molecule has 0 unspecified atom stereocenters. The summed E-state index contributed by atoms with van der Waals surface area (Å²) in [6.45, 7) is 19.6. The zero-order chi connectivity index (χ0) is 28.6. The predicted molar refractivity (Wildman–Crippen MR) is 161 cm³/mol. The third-order valence-electron chi connectivity index (χ3n) is 6.10. The zero-order valence-electron chi connectivity index (χ0n) is 25.0. The Kier molecular flexibility index (Phi) is 11.7. The number of ether oxygens (including phenoxy) is 2. The number of aryl methyl sites for hydroxylation is 3. The number of hydrogen-bond acceptors (Lipinski definition) is 5. The Morgan fingerprint density at radius 1 is 0.947 bits per heavy atom. The van der Waals surface area contributed by atoms with Gasteiger partial charge in [-0.3, -0.25) is 4.79 Å². The molecular weight excluding hydrogens is 492 g/mol. The first-order valence-corrected chi connectivity index (χ1v) is 14.7. The minimum Gasteiger partial charge on any atom is -0.490 e. The molecular formula is C33H46O4S. The second kappa shape index (κ2) is 14.0. The Bertz CT molecular complexity index is 1150. The Balaban J connectivity index is 2.34. The average molecular weight is 539 g/mol. The Morgan fingerprint density at radius 3 is 2.13 bits per heavy atom. The van der Waals surface area contributed by atoms with E-state index in [2.05, 4.69) is 20.8 Å². The first-order chi connectivity index (χ1) is 17.7. The minimum absolute atomic E-state index is 0.0577. The second-order valence-electron chi connectivity index (χ2n) is 11.3. The number of ketones is 1. The highest BCUT2D eigenvalue weighted by Crippen LogP contribution is 2.33. The molecule has 0 aliphatic heterocycles. The topological polar surface area (TPSA) is 52.6 Å². The van der Waals surface area contributed by atoms with Crippen molar-refractivity contribution in [1.82, 2.24) is 0 Å². The van der Waals surface area contributed by atoms with Crippen LogP contribution in [0.3, 0.4) is 0 Å². The van der Waals surface area contributed by atoms with E-state index in [-0.39, 0.29) is 17.9 Å². The summed E-state index contributed by atoms with van der Waals surface area (Å²) in [5.41, 5.74) is 5.13. The van der Waals surface area contributed by atoms with Crippen molar-refractivity contribution in [1.29, 1.82) is 0 Å². The van der Waals surface area contributed by atoms with Gasteiger partial charge in [0.1, 0.15) is 11.4 Å². The lowest BCUT2D eigenvalue weighted by atomic mass is 9.96. The van der Waals surface area contributed by atoms with Gasteiger partial charge in [0, 0.05) is 21.6 Å². The molecule has 0 fully saturated rings. The average Bonchev–Trinajstić information content (AvgIpc) is 2.79. The summed E-state index contributed by atoms with van der Waals surface area (Å²) in [6, 6.07) is 5.87. The third-order valence-corrected chi connectivity index (χ3v) is 7.53. The molecule has 2 aromatic carbocycles. The van der Waals surface area contributed by atoms with E-state index in [4.69, 9.17) is 9.47 Å². The van der Waals surface area contributed by atoms with Crippen LogP contribution in [-0.2, 0) is 4.74 Å². The van der Waals surface area contributed by atoms with E-state index >= 15 is 0 Å². The molecule has 5 heteroatoms. The number of unbranched alkanes of at least 4 members (excludes halogenated alkanes) is 3. The highest BCUT2D eigenvalue weighted by Gasteiger charge is 2.24. The first kappa shape index (κ1) is 31.7. The largest absolute Gasteiger partial charge is 0.490 e. The van der Waals surface area contributed by atoms with Crippen LogP contribution in [0.2, 0.25) is 0 Å². The van der Waals surface area contributed by atoms with Gasteiger partial charge in [-0.15, -0.1) is 11.8 Å². The van der Waals surface area contributed by atoms with Crippen LogP contribution >= 0.6 is 11.8 Å². The van der Waals surface area contributed by atoms with E-state index in [0.29, 0.717) is 22.4 Å². The molecule has 38 heavy (non-hydrogen) atoms. The molecule has 0 saturated heterocycles. The molecule has 4 nitrogen and oxygen atoms in total. The van der Waals surface area contributed by atoms with E-state index in [1.54, 1.807) is 12.2 Å². The van der Waals surface area contributed by atoms with Crippen molar-refractivity contribution in [2.75, 3.05) is 5.75 Å². The molecule has 2 aromatic rings. The van der Waals surface area contributed by atoms with Crippen molar-refractivity contribution in [3.63, 3.8) is 0 Å². The molecule has 0 aromatic heterocycles. The molecule has 0 aliphatic carbocycles. The quantitative estimate of drug-likeness (QED) is 0.0886. The van der Waals surface area contributed by atoms with Crippen molar-refractivity contribution in [2.24, 2.45) is 0 Å². The summed E-state index contributed by atoms with van der Waals surface area (Å²) in [4.78, 5) is 27.4. The van der Waals surface area contributed by atoms with Crippen molar-refractivity contribution in [3.05, 3.63) is 63.2 Å². The van der Waals surface area contributed by atoms with Gasteiger partial charge in [0.05, 0.1) is 11.7 Å². The maximum absolute atomic E-state index is 13.2. The van der Waals surface area contributed by atoms with Crippen molar-refractivity contribution >= 4 is 29.6 Å². The van der Waals surface area contributed by atoms with Crippen molar-refractivity contribution < 1.29 is 19.1 Å². The van der Waals surface area contributed by atoms with E-state index in [0.717, 1.165) is 28.0 Å². The predicted octanol–water partition coefficient (Wildman–Crippen LogP) is 9.23. The summed E-state index contributed by atoms with van der Waals surface area (Å²) in [5, 5.41) is 0. The maximum atomic E-state index is 13.2. The minimum atomic E-state index is -0.598. The number of allylic oxidation sites excluding steroid dienone is 1. The van der Waals surface area contributed by atoms with Gasteiger partial charge in [-0.25, -0.2) is 4.79 Å². The molecule has 0 aliphatic rings. The van der Waals surface area contributed by atoms with Gasteiger partial charge in [0.25, 0.3) is 0 Å². The number of hydrogen-bond donors (Lipinski definition) is 0. The van der Waals surface area contributed by atoms with Gasteiger partial charge < -0.3 is 9.47 Å². The molecule has 0 heterocycles. The van der Waals surface area contributed by atoms with E-state index < -0.39 is 5.60 Å². The molecule has 0 bridgehead atoms. The normalized spacial score (nSPS) is 11.9. The van der Waals surface area contributed by atoms with Gasteiger partial charge in [0.15, 0.2) is 5.78 Å². The number of thioether (sulfide) groups is 1. The van der Waals surface area contributed by atoms with Crippen molar-refractivity contribution in [2.45, 2.75) is 112 Å². The van der Waals surface area contributed by atoms with Crippen LogP contribution in [0.1, 0.15) is 116 Å². The number of carbonyl (C=O) groups excluding carboxylic acids is 2. The lowest BCUT2D eigenvalue weighted by Crippen LogP contribution is -2.25. The lowest BCUT2D eigenvalue weighted by Gasteiger charge is -2.23. The third kappa shape index (κ3) is 9.04. The number of rotatable bonds is 12. The molecule has 0 radical (unpaired) electrons. The van der Waals surface area contributed by atoms with Crippen LogP contribution in [0.25, 0.3) is 6.08 Å². The highest BCUT2D eigenvalue weighted by atomic mass is 32.2. The fourth-order valence-electron chi connectivity index (χ4n) is 4.44. The monoisotopic (exact) mass is 538 g/mol. The smallest absolute Gasteiger partial charge is 0.339 e. The fourth-order valence-corrected chi connectivity index (χ4v) is 5.57. The number of carbonyl (C=O) groups is 2. The SMILES string of the molecule is CCCCCCSc1c(C)cc(C(=O)C=Cc2cc(C)c(C(=O)OC(C)(C)C)c(C)c2OC(C)C)cc1C. The van der Waals surface area contributed by atoms with Gasteiger partial charge in [-0.05, 0) is 122 Å². The van der Waals surface area contributed by atoms with Gasteiger partial charge >= 0.3 is 5.97 Å². The van der Waals surface area contributed by atoms with Crippen LogP contribution in [0, 0.1) is 27.7 Å². The summed E-state index contributed by atoms with van der Waals surface area (Å²) < 4.78 is 11.8. The summed E-state index contributed by atoms with van der Waals surface area (Å²) in [7, 11) is 0. The molecule has 2 rings (SSSR count). The van der Waals surface area contributed by atoms with E-state index in [1.807, 2.05) is 78.4 Å². The molecule has 208 valence electrons. The molecule has 0 saturated carbocycles. The molecule has 0 amide bonds. The zero-order valence-corrected chi connectivity index (χ0v) is 25.9. The van der Waals surface area contributed by atoms with Crippen LogP contribution in [0.5, 0.6) is 5.75 Å². The fraction of sp³-hybridized carbons (Fsp3) is 0.515. The Hall–Kier alpha value is -2.53. The molecule has 0 spiro atoms. The number of esters is 1. The summed E-state index contributed by atoms with van der Waals surface area (Å²) in [6.07, 6.45) is 8.30. The van der Waals surface area contributed by atoms with Gasteiger partial charge in [0.2, 0.25) is 0 Å². The maximum Gasteiger partial charge on any atom is 0.339 e. The molecule has 0 N–H and O–H groups in total.